The third-order valence-corrected chi connectivity index (χ3v) is 19.0. The smallest absolute Gasteiger partial charge is 0.416 e. The highest BCUT2D eigenvalue weighted by atomic mass is 16.6. The van der Waals surface area contributed by atoms with Crippen LogP contribution >= 0.6 is 0 Å². The zero-order valence-electron chi connectivity index (χ0n) is 56.4. The number of amides is 7. The fourth-order valence-electron chi connectivity index (χ4n) is 13.3. The second kappa shape index (κ2) is 30.0. The van der Waals surface area contributed by atoms with E-state index in [1.807, 2.05) is 90.0 Å². The first-order chi connectivity index (χ1) is 48.3. The lowest BCUT2D eigenvalue weighted by molar-refractivity contribution is -0.132. The molecule has 6 aromatic carbocycles. The molecule has 7 atom stereocenters. The zero-order valence-corrected chi connectivity index (χ0v) is 56.4. The minimum Gasteiger partial charge on any atom is -0.497 e. The molecular formula is C75H81N9O16. The monoisotopic (exact) mass is 1360 g/mol. The van der Waals surface area contributed by atoms with E-state index in [-0.39, 0.29) is 59.9 Å². The van der Waals surface area contributed by atoms with Gasteiger partial charge in [-0.25, -0.2) is 14.5 Å². The molecule has 0 bridgehead atoms. The van der Waals surface area contributed by atoms with Crippen LogP contribution in [0.15, 0.2) is 128 Å². The number of aliphatic hydroxyl groups excluding tert-OH is 2. The van der Waals surface area contributed by atoms with Gasteiger partial charge >= 0.3 is 12.2 Å². The number of hydrogen-bond acceptors (Lipinski definition) is 18. The van der Waals surface area contributed by atoms with Gasteiger partial charge in [0.2, 0.25) is 23.6 Å². The van der Waals surface area contributed by atoms with E-state index in [9.17, 15) is 43.8 Å². The number of carbonyl (C=O) groups is 7. The number of carbonyl (C=O) groups excluding carboxylic acids is 7. The van der Waals surface area contributed by atoms with Crippen LogP contribution in [0.3, 0.4) is 0 Å². The van der Waals surface area contributed by atoms with Gasteiger partial charge in [-0.1, -0.05) is 86.4 Å². The van der Waals surface area contributed by atoms with Crippen molar-refractivity contribution in [2.45, 2.75) is 109 Å². The Kier molecular flexibility index (Phi) is 20.7. The number of methoxy groups -OCH3 is 3. The molecule has 3 unspecified atom stereocenters. The number of nitrogens with zero attached hydrogens (tertiary/aromatic N) is 3. The summed E-state index contributed by atoms with van der Waals surface area (Å²) in [6, 6.07) is 32.9. The van der Waals surface area contributed by atoms with Crippen molar-refractivity contribution >= 4 is 64.4 Å². The summed E-state index contributed by atoms with van der Waals surface area (Å²) < 4.78 is 41.1. The molecule has 25 heteroatoms. The van der Waals surface area contributed by atoms with Crippen LogP contribution in [0.2, 0.25) is 0 Å². The summed E-state index contributed by atoms with van der Waals surface area (Å²) in [5.41, 5.74) is 7.59. The van der Waals surface area contributed by atoms with E-state index >= 15 is 0 Å². The van der Waals surface area contributed by atoms with Gasteiger partial charge in [-0.05, 0) is 115 Å². The number of nitrogens with one attached hydrogen (secondary N) is 6. The highest BCUT2D eigenvalue weighted by Gasteiger charge is 2.58. The fourth-order valence-corrected chi connectivity index (χ4v) is 13.3. The number of fused-ring (bicyclic) bond motifs is 6. The minimum absolute atomic E-state index is 0.00583. The topological polar surface area (TPSA) is 306 Å². The van der Waals surface area contributed by atoms with Crippen LogP contribution < -0.4 is 60.5 Å². The zero-order chi connectivity index (χ0) is 70.4. The maximum absolute atomic E-state index is 14.5. The molecule has 6 aromatic rings. The largest absolute Gasteiger partial charge is 0.497 e. The lowest BCUT2D eigenvalue weighted by Crippen LogP contribution is -2.55. The second-order valence-corrected chi connectivity index (χ2v) is 26.1. The summed E-state index contributed by atoms with van der Waals surface area (Å²) in [6.07, 6.45) is 0.844. The quantitative estimate of drug-likeness (QED) is 0.0225. The van der Waals surface area contributed by atoms with Crippen molar-refractivity contribution in [1.29, 1.82) is 0 Å². The first-order valence-corrected chi connectivity index (χ1v) is 33.4. The van der Waals surface area contributed by atoms with Crippen molar-refractivity contribution in [3.05, 3.63) is 172 Å². The Balaban J connectivity index is 0.618. The van der Waals surface area contributed by atoms with Gasteiger partial charge in [0.15, 0.2) is 35.5 Å². The SMILES string of the molecule is COc1ccc(C2=CN3C(O)c4cc(OC)c(OCCCOc5cc6c(cc5OC)C(=O)N5CC7(CC7)C[C@H]5C(O)N6C(=O)OCc5ccc(NC(=O)[C@H](C)NC(=O)[C@@H](NC(=O)CNC(=O)CNC(=O)OC6Cc7ccccc7C#Cc7ccccc76)C(C)C)cc5)cc4NC[C@@H]3C2)cc1. The molecule has 4 heterocycles. The van der Waals surface area contributed by atoms with E-state index < -0.39 is 91.5 Å². The Hall–Kier alpha value is -11.0. The van der Waals surface area contributed by atoms with Crippen molar-refractivity contribution in [2.24, 2.45) is 11.3 Å². The average molecular weight is 1360 g/mol. The van der Waals surface area contributed by atoms with Gasteiger partial charge in [-0.15, -0.1) is 0 Å². The fraction of sp³-hybridized carbons (Fsp3) is 0.373. The Morgan fingerprint density at radius 1 is 0.720 bits per heavy atom. The van der Waals surface area contributed by atoms with Gasteiger partial charge in [-0.3, -0.25) is 24.0 Å². The van der Waals surface area contributed by atoms with Crippen molar-refractivity contribution in [3.8, 4) is 40.6 Å². The van der Waals surface area contributed by atoms with Gasteiger partial charge in [0, 0.05) is 77.9 Å². The van der Waals surface area contributed by atoms with Crippen LogP contribution in [-0.2, 0) is 41.7 Å². The van der Waals surface area contributed by atoms with Crippen molar-refractivity contribution in [2.75, 3.05) is 76.3 Å². The van der Waals surface area contributed by atoms with Gasteiger partial charge in [0.05, 0.1) is 64.4 Å². The van der Waals surface area contributed by atoms with E-state index in [2.05, 4.69) is 43.7 Å². The predicted molar refractivity (Wildman–Crippen MR) is 368 cm³/mol. The molecule has 0 radical (unpaired) electrons. The van der Waals surface area contributed by atoms with Crippen molar-refractivity contribution in [1.82, 2.24) is 31.1 Å². The maximum Gasteiger partial charge on any atom is 0.416 e. The predicted octanol–water partition coefficient (Wildman–Crippen LogP) is 7.69. The van der Waals surface area contributed by atoms with E-state index in [1.165, 1.54) is 33.3 Å². The van der Waals surface area contributed by atoms with Crippen LogP contribution in [0.5, 0.6) is 28.7 Å². The molecule has 7 amide bonds. The number of alkyl carbamates (subject to hydrolysis) is 1. The first-order valence-electron chi connectivity index (χ1n) is 33.4. The molecule has 522 valence electrons. The third-order valence-electron chi connectivity index (χ3n) is 19.0. The molecule has 12 rings (SSSR count). The molecule has 25 nitrogen and oxygen atoms in total. The lowest BCUT2D eigenvalue weighted by atomic mass is 9.92. The second-order valence-electron chi connectivity index (χ2n) is 26.1. The minimum atomic E-state index is -1.49. The molecule has 2 aliphatic carbocycles. The molecule has 6 aliphatic rings. The molecule has 0 aromatic heterocycles. The number of aliphatic hydroxyl groups is 2. The number of benzene rings is 6. The Bertz CT molecular complexity index is 4210. The van der Waals surface area contributed by atoms with E-state index in [0.29, 0.717) is 71.9 Å². The van der Waals surface area contributed by atoms with Gasteiger partial charge in [0.25, 0.3) is 5.91 Å². The Morgan fingerprint density at radius 3 is 2.13 bits per heavy atom. The standard InChI is InChI=1S/C75H81N9O16/c1-43(2)67(81-66(86)39-77-65(85)38-78-73(92)100-60-31-49-14-8-7-12-46(49)18-19-48-13-9-10-15-54(48)60)69(88)79-44(3)68(87)80-51-22-16-45(17-23-51)41-99-74(93)84-58-35-64(62(96-6)33-56(58)71(90)83-42-75(26-27-75)36-59(83)72(84)91)98-29-11-28-97-63-34-57-55(32-61(63)95-5)70(89)82-40-50(30-52(82)37-76-57)47-20-24-53(94-4)25-21-47/h7-10,12-17,20-25,32-35,40,43-44,52,59-60,67,70,72,76,89,91H,11,26-31,36-39,41-42H2,1-6H3,(H,77,85)(H,78,92)(H,79,88)(H,80,87)(H,81,86)/t44-,52-,59-,60?,67-,70?,72?/m0/s1. The molecule has 4 aliphatic heterocycles. The lowest BCUT2D eigenvalue weighted by Gasteiger charge is -2.31. The van der Waals surface area contributed by atoms with Crippen LogP contribution in [0, 0.1) is 23.2 Å². The van der Waals surface area contributed by atoms with Crippen LogP contribution in [-0.4, -0.2) is 153 Å². The molecular weight excluding hydrogens is 1280 g/mol. The third kappa shape index (κ3) is 15.3. The van der Waals surface area contributed by atoms with Gasteiger partial charge < -0.3 is 85.1 Å². The Labute approximate surface area is 578 Å². The molecule has 2 fully saturated rings. The van der Waals surface area contributed by atoms with E-state index in [4.69, 9.17) is 33.2 Å². The highest BCUT2D eigenvalue weighted by molar-refractivity contribution is 6.06. The van der Waals surface area contributed by atoms with Crippen LogP contribution in [0.1, 0.15) is 115 Å². The van der Waals surface area contributed by atoms with Gasteiger partial charge in [-0.2, -0.15) is 0 Å². The van der Waals surface area contributed by atoms with E-state index in [0.717, 1.165) is 57.7 Å². The number of anilines is 3. The Morgan fingerprint density at radius 2 is 1.41 bits per heavy atom. The van der Waals surface area contributed by atoms with Crippen molar-refractivity contribution < 1.29 is 76.9 Å². The van der Waals surface area contributed by atoms with Gasteiger partial charge in [0.1, 0.15) is 37.1 Å². The summed E-state index contributed by atoms with van der Waals surface area (Å²) >= 11 is 0. The number of hydrogen-bond donors (Lipinski definition) is 8. The van der Waals surface area contributed by atoms with Crippen LogP contribution in [0.25, 0.3) is 5.57 Å². The summed E-state index contributed by atoms with van der Waals surface area (Å²) in [7, 11) is 4.62. The molecule has 1 saturated heterocycles. The highest BCUT2D eigenvalue weighted by Crippen LogP contribution is 2.57. The van der Waals surface area contributed by atoms with Crippen LogP contribution in [0.4, 0.5) is 26.7 Å². The molecule has 1 saturated carbocycles. The molecule has 8 N–H and O–H groups in total. The average Bonchev–Trinajstić information content (AvgIpc) is 1.56. The maximum atomic E-state index is 14.5. The molecule has 100 heavy (non-hydrogen) atoms. The summed E-state index contributed by atoms with van der Waals surface area (Å²) in [5.74, 6) is 5.02. The number of ether oxygens (including phenoxy) is 7. The number of rotatable bonds is 23. The molecule has 1 spiro atoms. The summed E-state index contributed by atoms with van der Waals surface area (Å²) in [4.78, 5) is 99.5. The van der Waals surface area contributed by atoms with E-state index in [1.54, 1.807) is 56.2 Å². The first kappa shape index (κ1) is 69.0. The summed E-state index contributed by atoms with van der Waals surface area (Å²) in [5, 5.41) is 40.3. The normalized spacial score (nSPS) is 19.3. The summed E-state index contributed by atoms with van der Waals surface area (Å²) in [6.45, 7) is 4.90. The van der Waals surface area contributed by atoms with Crippen molar-refractivity contribution in [3.63, 3.8) is 0 Å².